The number of alkyl halides is 2. The summed E-state index contributed by atoms with van der Waals surface area (Å²) in [5.74, 6) is 0.686. The van der Waals surface area contributed by atoms with E-state index in [1.165, 1.54) is 25.0 Å². The summed E-state index contributed by atoms with van der Waals surface area (Å²) in [6, 6.07) is 7.69. The van der Waals surface area contributed by atoms with Crippen LogP contribution in [0.25, 0.3) is 0 Å². The lowest BCUT2D eigenvalue weighted by molar-refractivity contribution is 0.151. The third-order valence-corrected chi connectivity index (χ3v) is 2.96. The van der Waals surface area contributed by atoms with Crippen LogP contribution in [0.2, 0.25) is 0 Å². The number of nitrogens with zero attached hydrogens (tertiary/aromatic N) is 1. The van der Waals surface area contributed by atoms with Crippen molar-refractivity contribution in [3.05, 3.63) is 35.4 Å². The van der Waals surface area contributed by atoms with Crippen LogP contribution in [0, 0.1) is 17.2 Å². The molecule has 1 unspecified atom stereocenters. The van der Waals surface area contributed by atoms with Crippen molar-refractivity contribution < 1.29 is 8.78 Å². The molecular formula is C13H14F2N2. The van der Waals surface area contributed by atoms with Gasteiger partial charge in [-0.1, -0.05) is 24.3 Å². The van der Waals surface area contributed by atoms with Crippen LogP contribution in [0.4, 0.5) is 8.78 Å². The van der Waals surface area contributed by atoms with Crippen LogP contribution < -0.4 is 5.32 Å². The number of hydrogen-bond donors (Lipinski definition) is 1. The van der Waals surface area contributed by atoms with E-state index >= 15 is 0 Å². The predicted octanol–water partition coefficient (Wildman–Crippen LogP) is 3.19. The molecule has 17 heavy (non-hydrogen) atoms. The third kappa shape index (κ3) is 3.24. The van der Waals surface area contributed by atoms with Gasteiger partial charge in [-0.2, -0.15) is 5.26 Å². The Kier molecular flexibility index (Phi) is 3.70. The van der Waals surface area contributed by atoms with Crippen LogP contribution in [0.15, 0.2) is 24.3 Å². The molecule has 1 aromatic carbocycles. The van der Waals surface area contributed by atoms with E-state index in [1.54, 1.807) is 12.1 Å². The number of halogens is 2. The topological polar surface area (TPSA) is 35.8 Å². The second-order valence-electron chi connectivity index (χ2n) is 4.38. The molecule has 90 valence electrons. The first-order valence-electron chi connectivity index (χ1n) is 5.71. The third-order valence-electron chi connectivity index (χ3n) is 2.96. The molecule has 0 amide bonds. The van der Waals surface area contributed by atoms with Crippen LogP contribution in [0.3, 0.4) is 0 Å². The zero-order valence-electron chi connectivity index (χ0n) is 9.37. The lowest BCUT2D eigenvalue weighted by Gasteiger charge is -2.11. The average molecular weight is 236 g/mol. The monoisotopic (exact) mass is 236 g/mol. The summed E-state index contributed by atoms with van der Waals surface area (Å²) in [7, 11) is 0. The highest BCUT2D eigenvalue weighted by atomic mass is 19.3. The van der Waals surface area contributed by atoms with Crippen molar-refractivity contribution in [2.75, 3.05) is 6.54 Å². The Morgan fingerprint density at radius 1 is 1.24 bits per heavy atom. The Balaban J connectivity index is 2.00. The molecule has 0 bridgehead atoms. The minimum absolute atomic E-state index is 0.00682. The fourth-order valence-electron chi connectivity index (χ4n) is 1.68. The first kappa shape index (κ1) is 12.0. The van der Waals surface area contributed by atoms with Crippen LogP contribution >= 0.6 is 0 Å². The number of rotatable bonds is 5. The van der Waals surface area contributed by atoms with Crippen molar-refractivity contribution in [1.29, 1.82) is 5.26 Å². The minimum atomic E-state index is -2.45. The van der Waals surface area contributed by atoms with Gasteiger partial charge in [-0.05, 0) is 30.9 Å². The molecule has 1 saturated carbocycles. The van der Waals surface area contributed by atoms with E-state index in [1.807, 2.05) is 0 Å². The number of nitriles is 1. The normalized spacial score (nSPS) is 16.8. The predicted molar refractivity (Wildman–Crippen MR) is 60.5 cm³/mol. The van der Waals surface area contributed by atoms with Gasteiger partial charge in [-0.15, -0.1) is 0 Å². The van der Waals surface area contributed by atoms with Crippen LogP contribution in [0.5, 0.6) is 0 Å². The Labute approximate surface area is 99.3 Å². The molecule has 1 aliphatic rings. The van der Waals surface area contributed by atoms with Gasteiger partial charge in [-0.3, -0.25) is 5.32 Å². The highest BCUT2D eigenvalue weighted by molar-refractivity contribution is 5.28. The summed E-state index contributed by atoms with van der Waals surface area (Å²) in [5.41, 5.74) is 0.741. The molecule has 0 spiro atoms. The first-order chi connectivity index (χ1) is 8.20. The van der Waals surface area contributed by atoms with Crippen molar-refractivity contribution in [2.24, 2.45) is 5.92 Å². The van der Waals surface area contributed by atoms with Gasteiger partial charge < -0.3 is 0 Å². The van der Waals surface area contributed by atoms with Gasteiger partial charge in [-0.25, -0.2) is 8.78 Å². The second-order valence-corrected chi connectivity index (χ2v) is 4.38. The second kappa shape index (κ2) is 5.24. The molecule has 2 rings (SSSR count). The Morgan fingerprint density at radius 3 is 2.29 bits per heavy atom. The van der Waals surface area contributed by atoms with Gasteiger partial charge in [0.2, 0.25) is 0 Å². The molecule has 0 radical (unpaired) electrons. The summed E-state index contributed by atoms with van der Waals surface area (Å²) in [4.78, 5) is 0. The average Bonchev–Trinajstić information content (AvgIpc) is 3.14. The van der Waals surface area contributed by atoms with E-state index in [2.05, 4.69) is 11.4 Å². The zero-order chi connectivity index (χ0) is 12.3. The maximum atomic E-state index is 12.4. The lowest BCUT2D eigenvalue weighted by Crippen LogP contribution is -2.22. The molecule has 4 heteroatoms. The standard InChI is InChI=1S/C13H14F2N2/c14-13(15)11-5-3-10(4-6-11)12(7-16)17-8-9-1-2-9/h3-6,9,12-13,17H,1-2,8H2. The minimum Gasteiger partial charge on any atom is -0.298 e. The quantitative estimate of drug-likeness (QED) is 0.852. The molecule has 0 saturated heterocycles. The fraction of sp³-hybridized carbons (Fsp3) is 0.462. The van der Waals surface area contributed by atoms with E-state index in [9.17, 15) is 8.78 Å². The first-order valence-corrected chi connectivity index (χ1v) is 5.71. The van der Waals surface area contributed by atoms with Crippen molar-refractivity contribution in [3.8, 4) is 6.07 Å². The summed E-state index contributed by atoms with van der Waals surface area (Å²) >= 11 is 0. The van der Waals surface area contributed by atoms with Crippen molar-refractivity contribution >= 4 is 0 Å². The molecule has 1 N–H and O–H groups in total. The van der Waals surface area contributed by atoms with E-state index in [0.717, 1.165) is 12.1 Å². The number of benzene rings is 1. The Morgan fingerprint density at radius 2 is 1.82 bits per heavy atom. The largest absolute Gasteiger partial charge is 0.298 e. The van der Waals surface area contributed by atoms with E-state index in [-0.39, 0.29) is 5.56 Å². The molecule has 1 fully saturated rings. The van der Waals surface area contributed by atoms with Crippen molar-refractivity contribution in [1.82, 2.24) is 5.32 Å². The molecule has 0 heterocycles. The summed E-state index contributed by atoms with van der Waals surface area (Å²) in [6.07, 6.45) is -0.0192. The highest BCUT2D eigenvalue weighted by Gasteiger charge is 2.22. The van der Waals surface area contributed by atoms with Gasteiger partial charge in [0.25, 0.3) is 6.43 Å². The SMILES string of the molecule is N#CC(NCC1CC1)c1ccc(C(F)F)cc1. The van der Waals surface area contributed by atoms with Crippen LogP contribution in [0.1, 0.15) is 36.4 Å². The van der Waals surface area contributed by atoms with E-state index in [4.69, 9.17) is 5.26 Å². The number of hydrogen-bond acceptors (Lipinski definition) is 2. The van der Waals surface area contributed by atoms with Crippen LogP contribution in [-0.4, -0.2) is 6.54 Å². The number of nitrogens with one attached hydrogen (secondary N) is 1. The van der Waals surface area contributed by atoms with Crippen molar-refractivity contribution in [3.63, 3.8) is 0 Å². The fourth-order valence-corrected chi connectivity index (χ4v) is 1.68. The van der Waals surface area contributed by atoms with Gasteiger partial charge in [0.05, 0.1) is 6.07 Å². The zero-order valence-corrected chi connectivity index (χ0v) is 9.37. The summed E-state index contributed by atoms with van der Waals surface area (Å²) in [5, 5.41) is 12.2. The molecule has 1 aliphatic carbocycles. The maximum Gasteiger partial charge on any atom is 0.263 e. The Hall–Kier alpha value is -1.47. The van der Waals surface area contributed by atoms with E-state index < -0.39 is 12.5 Å². The highest BCUT2D eigenvalue weighted by Crippen LogP contribution is 2.28. The Bertz CT molecular complexity index is 404. The molecule has 2 nitrogen and oxygen atoms in total. The van der Waals surface area contributed by atoms with Gasteiger partial charge in [0.1, 0.15) is 6.04 Å². The van der Waals surface area contributed by atoms with Crippen molar-refractivity contribution in [2.45, 2.75) is 25.3 Å². The van der Waals surface area contributed by atoms with E-state index in [0.29, 0.717) is 5.92 Å². The summed E-state index contributed by atoms with van der Waals surface area (Å²) < 4.78 is 24.7. The lowest BCUT2D eigenvalue weighted by atomic mass is 10.1. The van der Waals surface area contributed by atoms with Gasteiger partial charge >= 0.3 is 0 Å². The molecule has 0 aliphatic heterocycles. The van der Waals surface area contributed by atoms with Crippen LogP contribution in [-0.2, 0) is 0 Å². The summed E-state index contributed by atoms with van der Waals surface area (Å²) in [6.45, 7) is 0.828. The molecular weight excluding hydrogens is 222 g/mol. The molecule has 1 atom stereocenters. The van der Waals surface area contributed by atoms with Gasteiger partial charge in [0.15, 0.2) is 0 Å². The maximum absolute atomic E-state index is 12.4. The molecule has 0 aromatic heterocycles. The molecule has 1 aromatic rings. The smallest absolute Gasteiger partial charge is 0.263 e. The van der Waals surface area contributed by atoms with Gasteiger partial charge in [0, 0.05) is 5.56 Å².